The number of amides is 2. The lowest BCUT2D eigenvalue weighted by molar-refractivity contribution is 0.203. The maximum atomic E-state index is 13.3. The lowest BCUT2D eigenvalue weighted by Crippen LogP contribution is -2.40. The molecular weight excluding hydrogens is 310 g/mol. The summed E-state index contributed by atoms with van der Waals surface area (Å²) in [5.41, 5.74) is 2.52. The largest absolute Gasteiger partial charge is 0.329 e. The number of hydrogen-bond donors (Lipinski definition) is 0. The van der Waals surface area contributed by atoms with Gasteiger partial charge in [-0.1, -0.05) is 42.5 Å². The summed E-state index contributed by atoms with van der Waals surface area (Å²) in [4.78, 5) is 21.1. The fourth-order valence-corrected chi connectivity index (χ4v) is 2.67. The molecule has 4 nitrogen and oxygen atoms in total. The van der Waals surface area contributed by atoms with E-state index in [-0.39, 0.29) is 12.1 Å². The average Bonchev–Trinajstić information content (AvgIpc) is 2.69. The normalized spacial score (nSPS) is 11.6. The molecule has 3 aromatic rings. The summed E-state index contributed by atoms with van der Waals surface area (Å²) in [5.74, 6) is 0. The molecule has 0 aliphatic carbocycles. The van der Waals surface area contributed by atoms with E-state index in [1.165, 1.54) is 0 Å². The molecule has 4 heteroatoms. The van der Waals surface area contributed by atoms with Gasteiger partial charge in [0.25, 0.3) is 0 Å². The summed E-state index contributed by atoms with van der Waals surface area (Å²) in [6.45, 7) is 1.98. The van der Waals surface area contributed by atoms with E-state index in [0.29, 0.717) is 0 Å². The summed E-state index contributed by atoms with van der Waals surface area (Å²) < 4.78 is 0. The van der Waals surface area contributed by atoms with Gasteiger partial charge >= 0.3 is 6.03 Å². The van der Waals surface area contributed by atoms with E-state index in [2.05, 4.69) is 4.98 Å². The van der Waals surface area contributed by atoms with Gasteiger partial charge in [0, 0.05) is 13.2 Å². The molecule has 1 heterocycles. The summed E-state index contributed by atoms with van der Waals surface area (Å²) in [6.07, 6.45) is 1.75. The lowest BCUT2D eigenvalue weighted by atomic mass is 10.2. The fraction of sp³-hybridized carbons (Fsp3) is 0.143. The van der Waals surface area contributed by atoms with Gasteiger partial charge in [-0.3, -0.25) is 9.88 Å². The van der Waals surface area contributed by atoms with Crippen LogP contribution in [0.4, 0.5) is 16.2 Å². The molecule has 2 aromatic carbocycles. The summed E-state index contributed by atoms with van der Waals surface area (Å²) in [7, 11) is 1.81. The van der Waals surface area contributed by atoms with Gasteiger partial charge in [0.2, 0.25) is 0 Å². The molecule has 3 rings (SSSR count). The zero-order valence-corrected chi connectivity index (χ0v) is 14.4. The van der Waals surface area contributed by atoms with Gasteiger partial charge in [-0.15, -0.1) is 0 Å². The van der Waals surface area contributed by atoms with Crippen LogP contribution in [0.1, 0.15) is 18.7 Å². The van der Waals surface area contributed by atoms with Gasteiger partial charge in [0.15, 0.2) is 0 Å². The van der Waals surface area contributed by atoms with E-state index in [4.69, 9.17) is 0 Å². The number of anilines is 2. The topological polar surface area (TPSA) is 36.4 Å². The van der Waals surface area contributed by atoms with Crippen LogP contribution < -0.4 is 4.90 Å². The fourth-order valence-electron chi connectivity index (χ4n) is 2.67. The van der Waals surface area contributed by atoms with Crippen LogP contribution in [0.15, 0.2) is 85.1 Å². The Kier molecular flexibility index (Phi) is 5.09. The van der Waals surface area contributed by atoms with Crippen molar-refractivity contribution in [3.63, 3.8) is 0 Å². The van der Waals surface area contributed by atoms with Gasteiger partial charge < -0.3 is 4.90 Å². The van der Waals surface area contributed by atoms with Crippen LogP contribution in [0.2, 0.25) is 0 Å². The van der Waals surface area contributed by atoms with Crippen molar-refractivity contribution in [1.29, 1.82) is 0 Å². The second kappa shape index (κ2) is 7.62. The van der Waals surface area contributed by atoms with Crippen molar-refractivity contribution in [2.24, 2.45) is 0 Å². The molecule has 0 saturated carbocycles. The minimum atomic E-state index is -0.136. The van der Waals surface area contributed by atoms with Crippen molar-refractivity contribution in [2.45, 2.75) is 13.0 Å². The first-order chi connectivity index (χ1) is 12.2. The first-order valence-electron chi connectivity index (χ1n) is 8.26. The molecule has 2 amide bonds. The second-order valence-corrected chi connectivity index (χ2v) is 5.83. The Labute approximate surface area is 148 Å². The van der Waals surface area contributed by atoms with E-state index in [1.807, 2.05) is 85.8 Å². The van der Waals surface area contributed by atoms with Crippen LogP contribution in [0.5, 0.6) is 0 Å². The van der Waals surface area contributed by atoms with E-state index in [0.717, 1.165) is 17.1 Å². The maximum Gasteiger partial charge on any atom is 0.329 e. The molecule has 1 unspecified atom stereocenters. The number of para-hydroxylation sites is 2. The van der Waals surface area contributed by atoms with Gasteiger partial charge in [-0.25, -0.2) is 4.79 Å². The number of rotatable bonds is 4. The smallest absolute Gasteiger partial charge is 0.319 e. The molecule has 0 radical (unpaired) electrons. The monoisotopic (exact) mass is 331 g/mol. The highest BCUT2D eigenvalue weighted by atomic mass is 16.2. The van der Waals surface area contributed by atoms with Crippen molar-refractivity contribution in [2.75, 3.05) is 11.9 Å². The number of aromatic nitrogens is 1. The van der Waals surface area contributed by atoms with Crippen molar-refractivity contribution in [3.8, 4) is 0 Å². The molecule has 0 bridgehead atoms. The zero-order chi connectivity index (χ0) is 17.6. The number of urea groups is 1. The number of pyridine rings is 1. The second-order valence-electron chi connectivity index (χ2n) is 5.83. The Bertz CT molecular complexity index is 767. The molecule has 126 valence electrons. The molecule has 0 saturated heterocycles. The molecule has 25 heavy (non-hydrogen) atoms. The van der Waals surface area contributed by atoms with Crippen LogP contribution >= 0.6 is 0 Å². The molecule has 1 aromatic heterocycles. The molecule has 1 atom stereocenters. The number of carbonyl (C=O) groups is 1. The van der Waals surface area contributed by atoms with Crippen LogP contribution in [-0.4, -0.2) is 23.0 Å². The predicted octanol–water partition coefficient (Wildman–Crippen LogP) is 5.03. The summed E-state index contributed by atoms with van der Waals surface area (Å²) in [6, 6.07) is 24.9. The summed E-state index contributed by atoms with van der Waals surface area (Å²) in [5, 5.41) is 0. The quantitative estimate of drug-likeness (QED) is 0.672. The van der Waals surface area contributed by atoms with Crippen LogP contribution in [0.3, 0.4) is 0 Å². The highest BCUT2D eigenvalue weighted by Gasteiger charge is 2.25. The third-order valence-electron chi connectivity index (χ3n) is 4.22. The Hall–Kier alpha value is -3.14. The number of nitrogens with zero attached hydrogens (tertiary/aromatic N) is 3. The third-order valence-corrected chi connectivity index (χ3v) is 4.22. The lowest BCUT2D eigenvalue weighted by Gasteiger charge is -2.31. The molecule has 0 N–H and O–H groups in total. The van der Waals surface area contributed by atoms with Crippen molar-refractivity contribution >= 4 is 17.4 Å². The van der Waals surface area contributed by atoms with Gasteiger partial charge in [0.05, 0.1) is 23.1 Å². The highest BCUT2D eigenvalue weighted by molar-refractivity contribution is 5.99. The van der Waals surface area contributed by atoms with Crippen LogP contribution in [0.25, 0.3) is 0 Å². The molecule has 0 spiro atoms. The Morgan fingerprint density at radius 2 is 1.36 bits per heavy atom. The number of benzene rings is 2. The van der Waals surface area contributed by atoms with Crippen LogP contribution in [0, 0.1) is 0 Å². The van der Waals surface area contributed by atoms with Crippen molar-refractivity contribution in [3.05, 3.63) is 90.8 Å². The van der Waals surface area contributed by atoms with Crippen molar-refractivity contribution < 1.29 is 4.79 Å². The van der Waals surface area contributed by atoms with Gasteiger partial charge in [0.1, 0.15) is 0 Å². The number of carbonyl (C=O) groups excluding carboxylic acids is 1. The predicted molar refractivity (Wildman–Crippen MR) is 101 cm³/mol. The Balaban J connectivity index is 1.94. The van der Waals surface area contributed by atoms with E-state index < -0.39 is 0 Å². The van der Waals surface area contributed by atoms with Crippen LogP contribution in [-0.2, 0) is 0 Å². The van der Waals surface area contributed by atoms with E-state index in [1.54, 1.807) is 23.0 Å². The minimum Gasteiger partial charge on any atom is -0.319 e. The number of hydrogen-bond acceptors (Lipinski definition) is 2. The zero-order valence-electron chi connectivity index (χ0n) is 14.4. The first-order valence-corrected chi connectivity index (χ1v) is 8.26. The average molecular weight is 331 g/mol. The molecule has 0 aliphatic rings. The van der Waals surface area contributed by atoms with E-state index in [9.17, 15) is 4.79 Å². The molecular formula is C21H21N3O. The van der Waals surface area contributed by atoms with Gasteiger partial charge in [-0.05, 0) is 43.3 Å². The molecule has 0 aliphatic heterocycles. The maximum absolute atomic E-state index is 13.3. The molecule has 0 fully saturated rings. The Morgan fingerprint density at radius 3 is 1.84 bits per heavy atom. The summed E-state index contributed by atoms with van der Waals surface area (Å²) >= 11 is 0. The first kappa shape index (κ1) is 16.7. The SMILES string of the molecule is CC(c1ccccn1)N(C)C(=O)N(c1ccccc1)c1ccccc1. The standard InChI is InChI=1S/C21H21N3O/c1-17(20-15-9-10-16-22-20)23(2)21(25)24(18-11-5-3-6-12-18)19-13-7-4-8-14-19/h3-17H,1-2H3. The highest BCUT2D eigenvalue weighted by Crippen LogP contribution is 2.28. The third kappa shape index (κ3) is 3.69. The van der Waals surface area contributed by atoms with Gasteiger partial charge in [-0.2, -0.15) is 0 Å². The van der Waals surface area contributed by atoms with Crippen molar-refractivity contribution in [1.82, 2.24) is 9.88 Å². The minimum absolute atomic E-state index is 0.101. The van der Waals surface area contributed by atoms with E-state index >= 15 is 0 Å². The Morgan fingerprint density at radius 1 is 0.840 bits per heavy atom.